The van der Waals surface area contributed by atoms with Gasteiger partial charge < -0.3 is 4.74 Å². The molecule has 7 heteroatoms. The maximum Gasteiger partial charge on any atom is 0.271 e. The molecule has 0 saturated heterocycles. The van der Waals surface area contributed by atoms with Crippen LogP contribution >= 0.6 is 22.9 Å². The summed E-state index contributed by atoms with van der Waals surface area (Å²) in [6, 6.07) is 4.11. The fraction of sp³-hybridized carbons (Fsp3) is 0.182. The van der Waals surface area contributed by atoms with Crippen LogP contribution < -0.4 is 4.74 Å². The highest BCUT2D eigenvalue weighted by molar-refractivity contribution is 7.09. The van der Waals surface area contributed by atoms with Crippen LogP contribution in [0, 0.1) is 17.0 Å². The fourth-order valence-electron chi connectivity index (χ4n) is 1.35. The molecule has 0 bridgehead atoms. The van der Waals surface area contributed by atoms with Crippen LogP contribution in [0.1, 0.15) is 10.7 Å². The molecule has 5 nitrogen and oxygen atoms in total. The summed E-state index contributed by atoms with van der Waals surface area (Å²) in [6.45, 7) is 2.20. The van der Waals surface area contributed by atoms with Gasteiger partial charge in [0.25, 0.3) is 5.69 Å². The Hall–Kier alpha value is -1.66. The second-order valence-corrected chi connectivity index (χ2v) is 4.99. The quantitative estimate of drug-likeness (QED) is 0.635. The van der Waals surface area contributed by atoms with E-state index in [1.54, 1.807) is 0 Å². The van der Waals surface area contributed by atoms with Crippen molar-refractivity contribution in [1.82, 2.24) is 4.98 Å². The molecule has 0 aliphatic carbocycles. The number of ether oxygens (including phenoxy) is 1. The van der Waals surface area contributed by atoms with Gasteiger partial charge in [0.15, 0.2) is 0 Å². The molecule has 18 heavy (non-hydrogen) atoms. The van der Waals surface area contributed by atoms with E-state index in [9.17, 15) is 10.1 Å². The van der Waals surface area contributed by atoms with Crippen molar-refractivity contribution in [3.8, 4) is 5.75 Å². The molecule has 0 N–H and O–H groups in total. The van der Waals surface area contributed by atoms with Gasteiger partial charge in [-0.3, -0.25) is 10.1 Å². The second kappa shape index (κ2) is 5.32. The van der Waals surface area contributed by atoms with Gasteiger partial charge in [-0.15, -0.1) is 11.3 Å². The van der Waals surface area contributed by atoms with E-state index < -0.39 is 4.92 Å². The predicted octanol–water partition coefficient (Wildman–Crippen LogP) is 3.59. The highest BCUT2D eigenvalue weighted by Gasteiger charge is 2.10. The van der Waals surface area contributed by atoms with E-state index in [0.29, 0.717) is 12.4 Å². The number of halogens is 1. The van der Waals surface area contributed by atoms with Crippen molar-refractivity contribution in [2.75, 3.05) is 0 Å². The van der Waals surface area contributed by atoms with Crippen LogP contribution in [0.5, 0.6) is 5.75 Å². The lowest BCUT2D eigenvalue weighted by molar-refractivity contribution is -0.384. The number of rotatable bonds is 4. The Kier molecular flexibility index (Phi) is 3.78. The van der Waals surface area contributed by atoms with Crippen LogP contribution in [0.2, 0.25) is 5.02 Å². The van der Waals surface area contributed by atoms with Crippen molar-refractivity contribution in [3.63, 3.8) is 0 Å². The molecular formula is C11H9ClN2O3S. The first-order valence-corrected chi connectivity index (χ1v) is 6.30. The Morgan fingerprint density at radius 2 is 2.33 bits per heavy atom. The zero-order valence-corrected chi connectivity index (χ0v) is 11.0. The molecule has 94 valence electrons. The monoisotopic (exact) mass is 284 g/mol. The van der Waals surface area contributed by atoms with Gasteiger partial charge in [-0.1, -0.05) is 11.6 Å². The lowest BCUT2D eigenvalue weighted by atomic mass is 10.3. The summed E-state index contributed by atoms with van der Waals surface area (Å²) in [6.07, 6.45) is 0. The van der Waals surface area contributed by atoms with Crippen LogP contribution in [0.25, 0.3) is 0 Å². The number of thiazole rings is 1. The topological polar surface area (TPSA) is 65.3 Å². The van der Waals surface area contributed by atoms with E-state index in [4.69, 9.17) is 16.3 Å². The number of hydrogen-bond donors (Lipinski definition) is 0. The third kappa shape index (κ3) is 2.96. The maximum absolute atomic E-state index is 10.5. The van der Waals surface area contributed by atoms with Crippen LogP contribution in [-0.4, -0.2) is 9.91 Å². The Bertz CT molecular complexity index is 585. The molecule has 2 rings (SSSR count). The van der Waals surface area contributed by atoms with Crippen LogP contribution in [0.15, 0.2) is 23.6 Å². The van der Waals surface area contributed by atoms with Crippen molar-refractivity contribution >= 4 is 28.6 Å². The third-order valence-electron chi connectivity index (χ3n) is 2.17. The molecule has 1 heterocycles. The number of hydrogen-bond acceptors (Lipinski definition) is 5. The predicted molar refractivity (Wildman–Crippen MR) is 69.3 cm³/mol. The molecule has 0 amide bonds. The van der Waals surface area contributed by atoms with Gasteiger partial charge in [-0.2, -0.15) is 0 Å². The van der Waals surface area contributed by atoms with E-state index in [0.717, 1.165) is 10.7 Å². The third-order valence-corrected chi connectivity index (χ3v) is 3.29. The number of nitro benzene ring substituents is 1. The van der Waals surface area contributed by atoms with Gasteiger partial charge in [0, 0.05) is 17.5 Å². The van der Waals surface area contributed by atoms with Crippen molar-refractivity contribution in [1.29, 1.82) is 0 Å². The summed E-state index contributed by atoms with van der Waals surface area (Å²) < 4.78 is 5.46. The molecule has 0 saturated carbocycles. The number of aryl methyl sites for hydroxylation is 1. The van der Waals surface area contributed by atoms with E-state index in [1.807, 2.05) is 12.3 Å². The van der Waals surface area contributed by atoms with Crippen molar-refractivity contribution in [2.45, 2.75) is 13.5 Å². The molecule has 1 aromatic carbocycles. The minimum absolute atomic E-state index is 0.0585. The lowest BCUT2D eigenvalue weighted by Crippen LogP contribution is -1.97. The molecule has 0 aliphatic heterocycles. The van der Waals surface area contributed by atoms with Gasteiger partial charge in [-0.25, -0.2) is 4.98 Å². The number of nitro groups is 1. The summed E-state index contributed by atoms with van der Waals surface area (Å²) in [7, 11) is 0. The Balaban J connectivity index is 2.08. The summed E-state index contributed by atoms with van der Waals surface area (Å²) in [4.78, 5) is 14.3. The highest BCUT2D eigenvalue weighted by Crippen LogP contribution is 2.29. The van der Waals surface area contributed by atoms with E-state index in [-0.39, 0.29) is 10.7 Å². The highest BCUT2D eigenvalue weighted by atomic mass is 35.5. The molecular weight excluding hydrogens is 276 g/mol. The summed E-state index contributed by atoms with van der Waals surface area (Å²) in [5.41, 5.74) is 0.753. The first kappa shape index (κ1) is 12.8. The smallest absolute Gasteiger partial charge is 0.271 e. The molecule has 0 radical (unpaired) electrons. The van der Waals surface area contributed by atoms with Crippen LogP contribution in [-0.2, 0) is 6.61 Å². The molecule has 0 aliphatic rings. The SMILES string of the molecule is Cc1nc(COc2ccc([N+](=O)[O-])cc2Cl)cs1. The van der Waals surface area contributed by atoms with Gasteiger partial charge >= 0.3 is 0 Å². The van der Waals surface area contributed by atoms with Crippen molar-refractivity contribution < 1.29 is 9.66 Å². The minimum atomic E-state index is -0.501. The minimum Gasteiger partial charge on any atom is -0.486 e. The summed E-state index contributed by atoms with van der Waals surface area (Å²) in [5, 5.41) is 13.6. The van der Waals surface area contributed by atoms with E-state index in [1.165, 1.54) is 29.5 Å². The first-order chi connectivity index (χ1) is 8.56. The Labute approximate surface area is 112 Å². The van der Waals surface area contributed by atoms with E-state index >= 15 is 0 Å². The Morgan fingerprint density at radius 3 is 2.89 bits per heavy atom. The van der Waals surface area contributed by atoms with E-state index in [2.05, 4.69) is 4.98 Å². The lowest BCUT2D eigenvalue weighted by Gasteiger charge is -2.05. The van der Waals surface area contributed by atoms with Gasteiger partial charge in [0.05, 0.1) is 20.6 Å². The molecule has 2 aromatic rings. The van der Waals surface area contributed by atoms with Gasteiger partial charge in [0.2, 0.25) is 0 Å². The van der Waals surface area contributed by atoms with Gasteiger partial charge in [-0.05, 0) is 13.0 Å². The largest absolute Gasteiger partial charge is 0.486 e. The molecule has 0 atom stereocenters. The average Bonchev–Trinajstić information content (AvgIpc) is 2.73. The number of benzene rings is 1. The average molecular weight is 285 g/mol. The molecule has 1 aromatic heterocycles. The van der Waals surface area contributed by atoms with Crippen LogP contribution in [0.3, 0.4) is 0 Å². The molecule has 0 fully saturated rings. The maximum atomic E-state index is 10.5. The standard InChI is InChI=1S/C11H9ClN2O3S/c1-7-13-8(6-18-7)5-17-11-3-2-9(14(15)16)4-10(11)12/h2-4,6H,5H2,1H3. The van der Waals surface area contributed by atoms with Crippen molar-refractivity contribution in [3.05, 3.63) is 49.4 Å². The van der Waals surface area contributed by atoms with Gasteiger partial charge in [0.1, 0.15) is 12.4 Å². The summed E-state index contributed by atoms with van der Waals surface area (Å²) >= 11 is 7.43. The molecule has 0 spiro atoms. The Morgan fingerprint density at radius 1 is 1.56 bits per heavy atom. The zero-order chi connectivity index (χ0) is 13.1. The normalized spacial score (nSPS) is 10.3. The van der Waals surface area contributed by atoms with Crippen LogP contribution in [0.4, 0.5) is 5.69 Å². The number of non-ortho nitro benzene ring substituents is 1. The summed E-state index contributed by atoms with van der Waals surface area (Å²) in [5.74, 6) is 0.410. The fourth-order valence-corrected chi connectivity index (χ4v) is 2.17. The number of aromatic nitrogens is 1. The molecule has 0 unspecified atom stereocenters. The number of nitrogens with zero attached hydrogens (tertiary/aromatic N) is 2. The first-order valence-electron chi connectivity index (χ1n) is 5.04. The van der Waals surface area contributed by atoms with Crippen molar-refractivity contribution in [2.24, 2.45) is 0 Å². The zero-order valence-electron chi connectivity index (χ0n) is 9.42. The second-order valence-electron chi connectivity index (χ2n) is 3.52.